The van der Waals surface area contributed by atoms with E-state index in [0.717, 1.165) is 4.47 Å². The maximum atomic E-state index is 12.8. The van der Waals surface area contributed by atoms with Crippen molar-refractivity contribution in [3.8, 4) is 0 Å². The third-order valence-electron chi connectivity index (χ3n) is 4.57. The first kappa shape index (κ1) is 16.8. The Hall–Kier alpha value is -2.67. The first-order valence-corrected chi connectivity index (χ1v) is 9.01. The number of hydrogen-bond donors (Lipinski definition) is 1. The molecule has 1 saturated heterocycles. The van der Waals surface area contributed by atoms with E-state index in [4.69, 9.17) is 4.74 Å². The van der Waals surface area contributed by atoms with Gasteiger partial charge in [-0.15, -0.1) is 0 Å². The predicted molar refractivity (Wildman–Crippen MR) is 97.2 cm³/mol. The number of ether oxygens (including phenoxy) is 1. The molecule has 0 unspecified atom stereocenters. The molecular formula is C19H15BrN2O4. The maximum Gasteiger partial charge on any atom is 0.340 e. The summed E-state index contributed by atoms with van der Waals surface area (Å²) in [6, 6.07) is 13.5. The number of halogens is 1. The van der Waals surface area contributed by atoms with Crippen LogP contribution < -0.4 is 5.32 Å². The molecule has 4 rings (SSSR count). The lowest BCUT2D eigenvalue weighted by Crippen LogP contribution is -2.43. The number of carbonyl (C=O) groups excluding carboxylic acids is 3. The Kier molecular flexibility index (Phi) is 4.24. The van der Waals surface area contributed by atoms with Crippen molar-refractivity contribution in [1.29, 1.82) is 0 Å². The van der Waals surface area contributed by atoms with E-state index in [9.17, 15) is 14.4 Å². The molecule has 132 valence electrons. The molecule has 0 aliphatic carbocycles. The van der Waals surface area contributed by atoms with Gasteiger partial charge in [0.1, 0.15) is 6.04 Å². The molecule has 26 heavy (non-hydrogen) atoms. The van der Waals surface area contributed by atoms with E-state index in [-0.39, 0.29) is 18.2 Å². The van der Waals surface area contributed by atoms with Crippen LogP contribution in [0.5, 0.6) is 0 Å². The summed E-state index contributed by atoms with van der Waals surface area (Å²) in [5.41, 5.74) is 1.68. The van der Waals surface area contributed by atoms with Gasteiger partial charge in [-0.2, -0.15) is 0 Å². The van der Waals surface area contributed by atoms with Crippen molar-refractivity contribution in [2.75, 3.05) is 5.32 Å². The fraction of sp³-hybridized carbons (Fsp3) is 0.211. The topological polar surface area (TPSA) is 75.7 Å². The van der Waals surface area contributed by atoms with Crippen LogP contribution in [-0.2, 0) is 14.3 Å². The number of nitrogens with one attached hydrogen (secondary N) is 1. The number of amides is 2. The lowest BCUT2D eigenvalue weighted by atomic mass is 10.1. The SMILES string of the molecule is O=C1O[C@@H](N2C(=O)CC[C@H]2C(=O)Nc2cccc(Br)c2)c2ccccc21. The summed E-state index contributed by atoms with van der Waals surface area (Å²) >= 11 is 3.36. The number of benzene rings is 2. The molecule has 2 heterocycles. The van der Waals surface area contributed by atoms with Crippen LogP contribution in [0.3, 0.4) is 0 Å². The van der Waals surface area contributed by atoms with Gasteiger partial charge in [-0.05, 0) is 30.7 Å². The number of hydrogen-bond acceptors (Lipinski definition) is 4. The van der Waals surface area contributed by atoms with Crippen molar-refractivity contribution in [2.24, 2.45) is 0 Å². The van der Waals surface area contributed by atoms with E-state index < -0.39 is 18.2 Å². The van der Waals surface area contributed by atoms with Crippen LogP contribution >= 0.6 is 15.9 Å². The number of nitrogens with zero attached hydrogens (tertiary/aromatic N) is 1. The smallest absolute Gasteiger partial charge is 0.340 e. The minimum Gasteiger partial charge on any atom is -0.433 e. The quantitative estimate of drug-likeness (QED) is 0.782. The third-order valence-corrected chi connectivity index (χ3v) is 5.06. The fourth-order valence-corrected chi connectivity index (χ4v) is 3.78. The zero-order chi connectivity index (χ0) is 18.3. The first-order valence-electron chi connectivity index (χ1n) is 8.22. The lowest BCUT2D eigenvalue weighted by molar-refractivity contribution is -0.144. The molecule has 0 saturated carbocycles. The number of carbonyl (C=O) groups is 3. The second kappa shape index (κ2) is 6.57. The van der Waals surface area contributed by atoms with Crippen molar-refractivity contribution in [2.45, 2.75) is 25.1 Å². The normalized spacial score (nSPS) is 21.5. The van der Waals surface area contributed by atoms with Gasteiger partial charge in [-0.1, -0.05) is 40.2 Å². The zero-order valence-corrected chi connectivity index (χ0v) is 15.2. The van der Waals surface area contributed by atoms with Crippen LogP contribution in [0, 0.1) is 0 Å². The molecule has 1 fully saturated rings. The zero-order valence-electron chi connectivity index (χ0n) is 13.6. The maximum absolute atomic E-state index is 12.8. The minimum atomic E-state index is -0.855. The Morgan fingerprint density at radius 1 is 1.15 bits per heavy atom. The standard InChI is InChI=1S/C19H15BrN2O4/c20-11-4-3-5-12(10-11)21-17(24)15-8-9-16(23)22(15)18-13-6-1-2-7-14(13)19(25)26-18/h1-7,10,15,18H,8-9H2,(H,21,24)/t15-,18+/m0/s1. The van der Waals surface area contributed by atoms with Crippen LogP contribution in [0.4, 0.5) is 5.69 Å². The van der Waals surface area contributed by atoms with Crippen molar-refractivity contribution < 1.29 is 19.1 Å². The highest BCUT2D eigenvalue weighted by Gasteiger charge is 2.46. The van der Waals surface area contributed by atoms with Gasteiger partial charge in [0.15, 0.2) is 0 Å². The molecule has 0 radical (unpaired) electrons. The minimum absolute atomic E-state index is 0.200. The van der Waals surface area contributed by atoms with E-state index in [1.807, 2.05) is 12.1 Å². The molecule has 7 heteroatoms. The van der Waals surface area contributed by atoms with Gasteiger partial charge in [0.05, 0.1) is 5.56 Å². The van der Waals surface area contributed by atoms with Crippen molar-refractivity contribution in [3.05, 3.63) is 64.1 Å². The van der Waals surface area contributed by atoms with E-state index in [2.05, 4.69) is 21.2 Å². The van der Waals surface area contributed by atoms with E-state index >= 15 is 0 Å². The fourth-order valence-electron chi connectivity index (χ4n) is 3.38. The Labute approximate surface area is 158 Å². The molecule has 2 atom stereocenters. The largest absolute Gasteiger partial charge is 0.433 e. The molecular weight excluding hydrogens is 400 g/mol. The van der Waals surface area contributed by atoms with Crippen molar-refractivity contribution in [1.82, 2.24) is 4.90 Å². The van der Waals surface area contributed by atoms with E-state index in [1.54, 1.807) is 36.4 Å². The van der Waals surface area contributed by atoms with Gasteiger partial charge >= 0.3 is 5.97 Å². The van der Waals surface area contributed by atoms with Crippen LogP contribution in [0.25, 0.3) is 0 Å². The van der Waals surface area contributed by atoms with Gasteiger partial charge in [-0.3, -0.25) is 14.5 Å². The van der Waals surface area contributed by atoms with Gasteiger partial charge in [0.2, 0.25) is 18.0 Å². The summed E-state index contributed by atoms with van der Waals surface area (Å²) in [6.45, 7) is 0. The van der Waals surface area contributed by atoms with Crippen LogP contribution in [0.2, 0.25) is 0 Å². The highest BCUT2D eigenvalue weighted by atomic mass is 79.9. The molecule has 2 aromatic rings. The monoisotopic (exact) mass is 414 g/mol. The molecule has 2 aliphatic heterocycles. The molecule has 1 N–H and O–H groups in total. The third kappa shape index (κ3) is 2.88. The van der Waals surface area contributed by atoms with Crippen molar-refractivity contribution in [3.63, 3.8) is 0 Å². The van der Waals surface area contributed by atoms with Gasteiger partial charge in [0, 0.05) is 22.1 Å². The highest BCUT2D eigenvalue weighted by molar-refractivity contribution is 9.10. The average molecular weight is 415 g/mol. The summed E-state index contributed by atoms with van der Waals surface area (Å²) in [7, 11) is 0. The summed E-state index contributed by atoms with van der Waals surface area (Å²) in [6.07, 6.45) is -0.228. The van der Waals surface area contributed by atoms with E-state index in [1.165, 1.54) is 4.90 Å². The Morgan fingerprint density at radius 3 is 2.77 bits per heavy atom. The Morgan fingerprint density at radius 2 is 1.96 bits per heavy atom. The summed E-state index contributed by atoms with van der Waals surface area (Å²) in [5, 5.41) is 2.83. The molecule has 2 amide bonds. The summed E-state index contributed by atoms with van der Waals surface area (Å²) in [4.78, 5) is 38.7. The van der Waals surface area contributed by atoms with Gasteiger partial charge in [-0.25, -0.2) is 4.79 Å². The van der Waals surface area contributed by atoms with Crippen LogP contribution in [-0.4, -0.2) is 28.7 Å². The summed E-state index contributed by atoms with van der Waals surface area (Å²) < 4.78 is 6.26. The van der Waals surface area contributed by atoms with Crippen LogP contribution in [0.15, 0.2) is 53.0 Å². The molecule has 2 aromatic carbocycles. The van der Waals surface area contributed by atoms with E-state index in [0.29, 0.717) is 23.2 Å². The molecule has 2 aliphatic rings. The average Bonchev–Trinajstić information content (AvgIpc) is 3.15. The molecule has 6 nitrogen and oxygen atoms in total. The van der Waals surface area contributed by atoms with Crippen LogP contribution in [0.1, 0.15) is 35.0 Å². The number of likely N-dealkylation sites (tertiary alicyclic amines) is 1. The molecule has 0 bridgehead atoms. The second-order valence-electron chi connectivity index (χ2n) is 6.20. The van der Waals surface area contributed by atoms with Gasteiger partial charge < -0.3 is 10.1 Å². The molecule has 0 aromatic heterocycles. The first-order chi connectivity index (χ1) is 12.5. The number of anilines is 1. The molecule has 0 spiro atoms. The van der Waals surface area contributed by atoms with Gasteiger partial charge in [0.25, 0.3) is 0 Å². The predicted octanol–water partition coefficient (Wildman–Crippen LogP) is 3.25. The highest BCUT2D eigenvalue weighted by Crippen LogP contribution is 2.38. The lowest BCUT2D eigenvalue weighted by Gasteiger charge is -2.29. The number of fused-ring (bicyclic) bond motifs is 1. The van der Waals surface area contributed by atoms with Crippen molar-refractivity contribution >= 4 is 39.4 Å². The number of rotatable bonds is 3. The summed E-state index contributed by atoms with van der Waals surface area (Å²) in [5.74, 6) is -0.972. The Bertz CT molecular complexity index is 914. The Balaban J connectivity index is 1.60. The number of esters is 1. The number of cyclic esters (lactones) is 1. The second-order valence-corrected chi connectivity index (χ2v) is 7.12.